The van der Waals surface area contributed by atoms with Crippen molar-refractivity contribution in [3.05, 3.63) is 42.0 Å². The molecular weight excluding hydrogens is 245 g/mol. The van der Waals surface area contributed by atoms with E-state index in [-0.39, 0.29) is 11.9 Å². The number of rotatable bonds is 5. The summed E-state index contributed by atoms with van der Waals surface area (Å²) in [6.45, 7) is 4.71. The lowest BCUT2D eigenvalue weighted by atomic mass is 10.1. The zero-order valence-corrected chi connectivity index (χ0v) is 11.1. The molecule has 1 aromatic carbocycles. The predicted molar refractivity (Wildman–Crippen MR) is 71.6 cm³/mol. The average Bonchev–Trinajstić information content (AvgIpc) is 2.79. The molecule has 2 aromatic rings. The molecule has 0 aliphatic heterocycles. The van der Waals surface area contributed by atoms with Crippen LogP contribution in [-0.4, -0.2) is 9.78 Å². The Morgan fingerprint density at radius 1 is 1.47 bits per heavy atom. The molecule has 102 valence electrons. The maximum Gasteiger partial charge on any atom is 0.165 e. The van der Waals surface area contributed by atoms with Gasteiger partial charge in [0.05, 0.1) is 12.4 Å². The van der Waals surface area contributed by atoms with E-state index in [0.29, 0.717) is 17.1 Å². The van der Waals surface area contributed by atoms with Gasteiger partial charge in [0.15, 0.2) is 5.75 Å². The summed E-state index contributed by atoms with van der Waals surface area (Å²) in [7, 11) is 0. The Kier molecular flexibility index (Phi) is 4.16. The normalized spacial score (nSPS) is 12.4. The largest absolute Gasteiger partial charge is 0.454 e. The molecular formula is C14H18FN3O. The first-order valence-electron chi connectivity index (χ1n) is 6.35. The van der Waals surface area contributed by atoms with Gasteiger partial charge in [0.2, 0.25) is 0 Å². The third-order valence-electron chi connectivity index (χ3n) is 2.75. The van der Waals surface area contributed by atoms with Gasteiger partial charge in [-0.3, -0.25) is 4.68 Å². The number of benzene rings is 1. The van der Waals surface area contributed by atoms with E-state index in [1.165, 1.54) is 12.1 Å². The van der Waals surface area contributed by atoms with E-state index in [0.717, 1.165) is 13.0 Å². The molecule has 0 fully saturated rings. The van der Waals surface area contributed by atoms with Gasteiger partial charge >= 0.3 is 0 Å². The Labute approximate surface area is 112 Å². The molecule has 0 amide bonds. The van der Waals surface area contributed by atoms with Crippen molar-refractivity contribution < 1.29 is 9.13 Å². The van der Waals surface area contributed by atoms with E-state index in [2.05, 4.69) is 12.0 Å². The van der Waals surface area contributed by atoms with Crippen LogP contribution in [0.5, 0.6) is 11.5 Å². The Balaban J connectivity index is 2.22. The smallest absolute Gasteiger partial charge is 0.165 e. The highest BCUT2D eigenvalue weighted by Crippen LogP contribution is 2.29. The van der Waals surface area contributed by atoms with Crippen LogP contribution in [0.3, 0.4) is 0 Å². The zero-order valence-electron chi connectivity index (χ0n) is 11.1. The van der Waals surface area contributed by atoms with Crippen LogP contribution in [0.25, 0.3) is 0 Å². The first-order valence-corrected chi connectivity index (χ1v) is 6.35. The van der Waals surface area contributed by atoms with E-state index >= 15 is 0 Å². The summed E-state index contributed by atoms with van der Waals surface area (Å²) in [5, 5.41) is 4.18. The van der Waals surface area contributed by atoms with Crippen molar-refractivity contribution in [2.24, 2.45) is 5.73 Å². The molecule has 0 spiro atoms. The van der Waals surface area contributed by atoms with Gasteiger partial charge in [-0.1, -0.05) is 6.92 Å². The van der Waals surface area contributed by atoms with Crippen molar-refractivity contribution in [2.75, 3.05) is 0 Å². The van der Waals surface area contributed by atoms with Crippen LogP contribution < -0.4 is 10.5 Å². The molecule has 1 heterocycles. The molecule has 19 heavy (non-hydrogen) atoms. The van der Waals surface area contributed by atoms with Crippen LogP contribution in [0.4, 0.5) is 4.39 Å². The summed E-state index contributed by atoms with van der Waals surface area (Å²) in [5.41, 5.74) is 6.46. The molecule has 1 aromatic heterocycles. The van der Waals surface area contributed by atoms with E-state index in [9.17, 15) is 4.39 Å². The second kappa shape index (κ2) is 5.84. The minimum absolute atomic E-state index is 0.295. The van der Waals surface area contributed by atoms with Crippen LogP contribution in [0.15, 0.2) is 30.6 Å². The standard InChI is InChI=1S/C14H18FN3O/c1-3-6-18-9-12(8-17-18)19-14-5-4-11(15)7-13(14)10(2)16/h4-5,7-10H,3,6,16H2,1-2H3/t10-/m0/s1. The second-order valence-corrected chi connectivity index (χ2v) is 4.51. The van der Waals surface area contributed by atoms with Crippen molar-refractivity contribution >= 4 is 0 Å². The number of aryl methyl sites for hydroxylation is 1. The molecule has 2 rings (SSSR count). The van der Waals surface area contributed by atoms with Gasteiger partial charge in [-0.25, -0.2) is 4.39 Å². The Bertz CT molecular complexity index is 551. The molecule has 0 aliphatic carbocycles. The highest BCUT2D eigenvalue weighted by Gasteiger charge is 2.11. The third kappa shape index (κ3) is 3.32. The van der Waals surface area contributed by atoms with Crippen molar-refractivity contribution in [3.63, 3.8) is 0 Å². The fraction of sp³-hybridized carbons (Fsp3) is 0.357. The van der Waals surface area contributed by atoms with Crippen LogP contribution in [0.1, 0.15) is 31.9 Å². The SMILES string of the molecule is CCCn1cc(Oc2ccc(F)cc2[C@H](C)N)cn1. The molecule has 0 radical (unpaired) electrons. The molecule has 5 heteroatoms. The summed E-state index contributed by atoms with van der Waals surface area (Å²) in [4.78, 5) is 0. The molecule has 4 nitrogen and oxygen atoms in total. The summed E-state index contributed by atoms with van der Waals surface area (Å²) in [5.74, 6) is 0.871. The molecule has 1 atom stereocenters. The lowest BCUT2D eigenvalue weighted by molar-refractivity contribution is 0.467. The minimum atomic E-state index is -0.318. The Morgan fingerprint density at radius 2 is 2.26 bits per heavy atom. The van der Waals surface area contributed by atoms with E-state index < -0.39 is 0 Å². The van der Waals surface area contributed by atoms with Gasteiger partial charge < -0.3 is 10.5 Å². The maximum atomic E-state index is 13.2. The lowest BCUT2D eigenvalue weighted by Gasteiger charge is -2.12. The number of ether oxygens (including phenoxy) is 1. The quantitative estimate of drug-likeness (QED) is 0.901. The van der Waals surface area contributed by atoms with Gasteiger partial charge in [0.25, 0.3) is 0 Å². The third-order valence-corrected chi connectivity index (χ3v) is 2.75. The summed E-state index contributed by atoms with van der Waals surface area (Å²) in [6, 6.07) is 4.05. The number of nitrogens with two attached hydrogens (primary N) is 1. The maximum absolute atomic E-state index is 13.2. The molecule has 2 N–H and O–H groups in total. The van der Waals surface area contributed by atoms with E-state index in [4.69, 9.17) is 10.5 Å². The van der Waals surface area contributed by atoms with Gasteiger partial charge in [0.1, 0.15) is 11.6 Å². The van der Waals surface area contributed by atoms with E-state index in [1.54, 1.807) is 19.2 Å². The second-order valence-electron chi connectivity index (χ2n) is 4.51. The Hall–Kier alpha value is -1.88. The fourth-order valence-corrected chi connectivity index (χ4v) is 1.84. The first kappa shape index (κ1) is 13.5. The summed E-state index contributed by atoms with van der Waals surface area (Å²) in [6.07, 6.45) is 4.46. The fourth-order valence-electron chi connectivity index (χ4n) is 1.84. The summed E-state index contributed by atoms with van der Waals surface area (Å²) >= 11 is 0. The highest BCUT2D eigenvalue weighted by atomic mass is 19.1. The van der Waals surface area contributed by atoms with Crippen LogP contribution in [-0.2, 0) is 6.54 Å². The van der Waals surface area contributed by atoms with Crippen LogP contribution in [0.2, 0.25) is 0 Å². The van der Waals surface area contributed by atoms with Gasteiger partial charge in [-0.15, -0.1) is 0 Å². The highest BCUT2D eigenvalue weighted by molar-refractivity contribution is 5.38. The molecule has 0 bridgehead atoms. The Morgan fingerprint density at radius 3 is 2.95 bits per heavy atom. The average molecular weight is 263 g/mol. The lowest BCUT2D eigenvalue weighted by Crippen LogP contribution is -2.07. The number of nitrogens with zero attached hydrogens (tertiary/aromatic N) is 2. The van der Waals surface area contributed by atoms with E-state index in [1.807, 2.05) is 10.9 Å². The predicted octanol–water partition coefficient (Wildman–Crippen LogP) is 3.24. The van der Waals surface area contributed by atoms with Gasteiger partial charge in [-0.05, 0) is 31.5 Å². The minimum Gasteiger partial charge on any atom is -0.454 e. The molecule has 0 saturated heterocycles. The van der Waals surface area contributed by atoms with Crippen LogP contribution >= 0.6 is 0 Å². The molecule has 0 unspecified atom stereocenters. The van der Waals surface area contributed by atoms with Gasteiger partial charge in [-0.2, -0.15) is 5.10 Å². The molecule has 0 aliphatic rings. The van der Waals surface area contributed by atoms with Crippen LogP contribution in [0, 0.1) is 5.82 Å². The number of halogens is 1. The van der Waals surface area contributed by atoms with Gasteiger partial charge in [0, 0.05) is 18.2 Å². The number of hydrogen-bond acceptors (Lipinski definition) is 3. The van der Waals surface area contributed by atoms with Crippen molar-refractivity contribution in [1.82, 2.24) is 9.78 Å². The monoisotopic (exact) mass is 263 g/mol. The summed E-state index contributed by atoms with van der Waals surface area (Å²) < 4.78 is 20.8. The zero-order chi connectivity index (χ0) is 13.8. The number of aromatic nitrogens is 2. The van der Waals surface area contributed by atoms with Crippen molar-refractivity contribution in [3.8, 4) is 11.5 Å². The van der Waals surface area contributed by atoms with Crippen molar-refractivity contribution in [1.29, 1.82) is 0 Å². The number of hydrogen-bond donors (Lipinski definition) is 1. The topological polar surface area (TPSA) is 53.1 Å². The first-order chi connectivity index (χ1) is 9.10. The molecule has 0 saturated carbocycles. The van der Waals surface area contributed by atoms with Crippen molar-refractivity contribution in [2.45, 2.75) is 32.9 Å².